The highest BCUT2D eigenvalue weighted by molar-refractivity contribution is 5.43. The molecular weight excluding hydrogens is 220 g/mol. The van der Waals surface area contributed by atoms with Crippen molar-refractivity contribution < 1.29 is 4.92 Å². The minimum Gasteiger partial charge on any atom is -0.382 e. The van der Waals surface area contributed by atoms with Gasteiger partial charge >= 0.3 is 5.82 Å². The maximum Gasteiger partial charge on any atom is 0.363 e. The van der Waals surface area contributed by atoms with Crippen LogP contribution in [0, 0.1) is 10.1 Å². The van der Waals surface area contributed by atoms with Crippen molar-refractivity contribution in [1.82, 2.24) is 9.88 Å². The molecule has 1 aromatic heterocycles. The minimum absolute atomic E-state index is 0.122. The average Bonchev–Trinajstić information content (AvgIpc) is 2.29. The number of hydrogen-bond donors (Lipinski definition) is 1. The molecule has 0 aliphatic rings. The van der Waals surface area contributed by atoms with Crippen molar-refractivity contribution in [1.29, 1.82) is 0 Å². The first-order chi connectivity index (χ1) is 8.09. The normalized spacial score (nSPS) is 10.5. The van der Waals surface area contributed by atoms with Gasteiger partial charge in [0, 0.05) is 12.6 Å². The van der Waals surface area contributed by atoms with Gasteiger partial charge < -0.3 is 20.3 Å². The Morgan fingerprint density at radius 1 is 1.41 bits per heavy atom. The fourth-order valence-electron chi connectivity index (χ4n) is 1.38. The Balaban J connectivity index is 2.25. The van der Waals surface area contributed by atoms with E-state index in [1.165, 1.54) is 12.3 Å². The van der Waals surface area contributed by atoms with Crippen molar-refractivity contribution in [2.45, 2.75) is 12.8 Å². The van der Waals surface area contributed by atoms with Gasteiger partial charge in [-0.2, -0.15) is 0 Å². The highest BCUT2D eigenvalue weighted by Crippen LogP contribution is 2.11. The zero-order valence-corrected chi connectivity index (χ0v) is 10.2. The van der Waals surface area contributed by atoms with Crippen molar-refractivity contribution in [3.05, 3.63) is 28.4 Å². The number of unbranched alkanes of at least 4 members (excludes halogenated alkanes) is 1. The lowest BCUT2D eigenvalue weighted by Gasteiger charge is -2.09. The van der Waals surface area contributed by atoms with Crippen LogP contribution in [0.4, 0.5) is 11.5 Å². The van der Waals surface area contributed by atoms with Crippen molar-refractivity contribution in [2.24, 2.45) is 0 Å². The molecule has 1 rings (SSSR count). The molecular formula is C11H18N4O2. The van der Waals surface area contributed by atoms with Gasteiger partial charge in [-0.25, -0.2) is 0 Å². The smallest absolute Gasteiger partial charge is 0.363 e. The molecule has 1 heterocycles. The van der Waals surface area contributed by atoms with Crippen LogP contribution in [0.25, 0.3) is 0 Å². The third-order valence-corrected chi connectivity index (χ3v) is 2.30. The Hall–Kier alpha value is -1.69. The van der Waals surface area contributed by atoms with Gasteiger partial charge in [-0.3, -0.25) is 0 Å². The number of hydrogen-bond acceptors (Lipinski definition) is 5. The predicted molar refractivity (Wildman–Crippen MR) is 67.2 cm³/mol. The molecule has 0 aliphatic heterocycles. The van der Waals surface area contributed by atoms with E-state index < -0.39 is 4.92 Å². The number of nitrogens with one attached hydrogen (secondary N) is 1. The predicted octanol–water partition coefficient (Wildman–Crippen LogP) is 1.74. The summed E-state index contributed by atoms with van der Waals surface area (Å²) in [6.45, 7) is 1.92. The van der Waals surface area contributed by atoms with E-state index in [0.29, 0.717) is 0 Å². The molecule has 6 nitrogen and oxygen atoms in total. The SMILES string of the molecule is CN(C)CCCCNc1ccc([N+](=O)[O-])nc1. The highest BCUT2D eigenvalue weighted by Gasteiger charge is 2.05. The van der Waals surface area contributed by atoms with Gasteiger partial charge in [0.1, 0.15) is 0 Å². The molecule has 0 amide bonds. The second-order valence-corrected chi connectivity index (χ2v) is 4.10. The van der Waals surface area contributed by atoms with Gasteiger partial charge in [0.15, 0.2) is 6.20 Å². The van der Waals surface area contributed by atoms with Gasteiger partial charge in [0.2, 0.25) is 0 Å². The molecule has 17 heavy (non-hydrogen) atoms. The van der Waals surface area contributed by atoms with Crippen molar-refractivity contribution in [3.63, 3.8) is 0 Å². The zero-order chi connectivity index (χ0) is 12.7. The van der Waals surface area contributed by atoms with Crippen LogP contribution in [0.1, 0.15) is 12.8 Å². The van der Waals surface area contributed by atoms with E-state index in [0.717, 1.165) is 31.6 Å². The highest BCUT2D eigenvalue weighted by atomic mass is 16.6. The molecule has 6 heteroatoms. The van der Waals surface area contributed by atoms with Crippen LogP contribution < -0.4 is 5.32 Å². The average molecular weight is 238 g/mol. The quantitative estimate of drug-likeness (QED) is 0.445. The molecule has 1 aromatic rings. The fourth-order valence-corrected chi connectivity index (χ4v) is 1.38. The minimum atomic E-state index is -0.499. The lowest BCUT2D eigenvalue weighted by Crippen LogP contribution is -2.14. The molecule has 0 atom stereocenters. The third kappa shape index (κ3) is 5.26. The lowest BCUT2D eigenvalue weighted by atomic mass is 10.3. The largest absolute Gasteiger partial charge is 0.382 e. The number of anilines is 1. The molecule has 0 saturated heterocycles. The fraction of sp³-hybridized carbons (Fsp3) is 0.545. The Labute approximate surface area is 101 Å². The summed E-state index contributed by atoms with van der Waals surface area (Å²) in [5.41, 5.74) is 0.820. The van der Waals surface area contributed by atoms with Crippen LogP contribution >= 0.6 is 0 Å². The number of pyridine rings is 1. The first-order valence-electron chi connectivity index (χ1n) is 5.58. The van der Waals surface area contributed by atoms with Gasteiger partial charge in [-0.15, -0.1) is 0 Å². The van der Waals surface area contributed by atoms with E-state index in [1.807, 2.05) is 14.1 Å². The summed E-state index contributed by atoms with van der Waals surface area (Å²) in [6, 6.07) is 3.08. The number of aromatic nitrogens is 1. The summed E-state index contributed by atoms with van der Waals surface area (Å²) in [7, 11) is 4.10. The van der Waals surface area contributed by atoms with E-state index >= 15 is 0 Å². The van der Waals surface area contributed by atoms with Crippen LogP contribution in [0.15, 0.2) is 18.3 Å². The third-order valence-electron chi connectivity index (χ3n) is 2.30. The second-order valence-electron chi connectivity index (χ2n) is 4.10. The molecule has 0 aliphatic carbocycles. The van der Waals surface area contributed by atoms with Crippen LogP contribution in [0.2, 0.25) is 0 Å². The summed E-state index contributed by atoms with van der Waals surface area (Å²) in [6.07, 6.45) is 3.68. The van der Waals surface area contributed by atoms with E-state index in [4.69, 9.17) is 0 Å². The van der Waals surface area contributed by atoms with Crippen LogP contribution in [-0.2, 0) is 0 Å². The van der Waals surface area contributed by atoms with Crippen LogP contribution in [0.3, 0.4) is 0 Å². The van der Waals surface area contributed by atoms with Crippen LogP contribution in [0.5, 0.6) is 0 Å². The Kier molecular flexibility index (Phi) is 5.35. The van der Waals surface area contributed by atoms with Gasteiger partial charge in [0.25, 0.3) is 0 Å². The number of nitrogens with zero attached hydrogens (tertiary/aromatic N) is 3. The van der Waals surface area contributed by atoms with Crippen molar-refractivity contribution in [2.75, 3.05) is 32.5 Å². The molecule has 94 valence electrons. The first kappa shape index (κ1) is 13.4. The Morgan fingerprint density at radius 2 is 2.18 bits per heavy atom. The van der Waals surface area contributed by atoms with Gasteiger partial charge in [0.05, 0.1) is 5.69 Å². The molecule has 0 fully saturated rings. The zero-order valence-electron chi connectivity index (χ0n) is 10.2. The summed E-state index contributed by atoms with van der Waals surface area (Å²) in [5, 5.41) is 13.6. The molecule has 0 saturated carbocycles. The summed E-state index contributed by atoms with van der Waals surface area (Å²) >= 11 is 0. The van der Waals surface area contributed by atoms with Gasteiger partial charge in [-0.1, -0.05) is 0 Å². The Morgan fingerprint density at radius 3 is 2.71 bits per heavy atom. The Bertz CT molecular complexity index is 351. The maximum absolute atomic E-state index is 10.4. The summed E-state index contributed by atoms with van der Waals surface area (Å²) in [5.74, 6) is -0.122. The summed E-state index contributed by atoms with van der Waals surface area (Å²) < 4.78 is 0. The number of nitro groups is 1. The molecule has 1 N–H and O–H groups in total. The van der Waals surface area contributed by atoms with Crippen molar-refractivity contribution >= 4 is 11.5 Å². The van der Waals surface area contributed by atoms with E-state index in [-0.39, 0.29) is 5.82 Å². The molecule has 0 unspecified atom stereocenters. The van der Waals surface area contributed by atoms with Crippen molar-refractivity contribution in [3.8, 4) is 0 Å². The molecule has 0 radical (unpaired) electrons. The van der Waals surface area contributed by atoms with E-state index in [1.54, 1.807) is 6.07 Å². The standard InChI is InChI=1S/C11H18N4O2/c1-14(2)8-4-3-7-12-10-5-6-11(13-9-10)15(16)17/h5-6,9,12H,3-4,7-8H2,1-2H3. The van der Waals surface area contributed by atoms with E-state index in [2.05, 4.69) is 15.2 Å². The maximum atomic E-state index is 10.4. The van der Waals surface area contributed by atoms with E-state index in [9.17, 15) is 10.1 Å². The van der Waals surface area contributed by atoms with Gasteiger partial charge in [-0.05, 0) is 49.5 Å². The molecule has 0 aromatic carbocycles. The molecule has 0 spiro atoms. The van der Waals surface area contributed by atoms with Crippen LogP contribution in [-0.4, -0.2) is 42.0 Å². The second kappa shape index (κ2) is 6.80. The lowest BCUT2D eigenvalue weighted by molar-refractivity contribution is -0.389. The first-order valence-corrected chi connectivity index (χ1v) is 5.58. The number of rotatable bonds is 7. The molecule has 0 bridgehead atoms. The summed E-state index contributed by atoms with van der Waals surface area (Å²) in [4.78, 5) is 15.8. The topological polar surface area (TPSA) is 71.3 Å². The monoisotopic (exact) mass is 238 g/mol.